The van der Waals surface area contributed by atoms with Gasteiger partial charge in [0.25, 0.3) is 0 Å². The number of ether oxygens (including phenoxy) is 1. The van der Waals surface area contributed by atoms with Gasteiger partial charge >= 0.3 is 0 Å². The van der Waals surface area contributed by atoms with Gasteiger partial charge in [0.2, 0.25) is 5.95 Å². The standard InChI is InChI=1S/C10H15N3OS/c1-7-6-12-10(11)13-9(7)15-8-2-4-14-5-3-8/h6,8H,2-5H2,1H3,(H2,11,12,13). The summed E-state index contributed by atoms with van der Waals surface area (Å²) in [7, 11) is 0. The number of aryl methyl sites for hydroxylation is 1. The van der Waals surface area contributed by atoms with Crippen LogP contribution >= 0.6 is 11.8 Å². The first-order chi connectivity index (χ1) is 7.25. The maximum atomic E-state index is 5.57. The molecule has 0 spiro atoms. The average molecular weight is 225 g/mol. The Morgan fingerprint density at radius 1 is 1.47 bits per heavy atom. The quantitative estimate of drug-likeness (QED) is 0.775. The summed E-state index contributed by atoms with van der Waals surface area (Å²) in [6, 6.07) is 0. The van der Waals surface area contributed by atoms with E-state index in [1.54, 1.807) is 18.0 Å². The van der Waals surface area contributed by atoms with E-state index in [0.717, 1.165) is 36.6 Å². The second-order valence-electron chi connectivity index (χ2n) is 3.65. The van der Waals surface area contributed by atoms with Gasteiger partial charge in [-0.2, -0.15) is 0 Å². The molecule has 2 rings (SSSR count). The molecule has 0 amide bonds. The molecule has 0 aliphatic carbocycles. The number of hydrogen-bond donors (Lipinski definition) is 1. The Morgan fingerprint density at radius 2 is 2.20 bits per heavy atom. The highest BCUT2D eigenvalue weighted by Crippen LogP contribution is 2.30. The first-order valence-corrected chi connectivity index (χ1v) is 5.97. The minimum absolute atomic E-state index is 0.357. The highest BCUT2D eigenvalue weighted by molar-refractivity contribution is 7.99. The molecule has 0 bridgehead atoms. The van der Waals surface area contributed by atoms with Crippen LogP contribution in [0.1, 0.15) is 18.4 Å². The van der Waals surface area contributed by atoms with Crippen molar-refractivity contribution in [1.82, 2.24) is 9.97 Å². The minimum atomic E-state index is 0.357. The van der Waals surface area contributed by atoms with Crippen molar-refractivity contribution in [3.05, 3.63) is 11.8 Å². The van der Waals surface area contributed by atoms with Crippen LogP contribution in [0, 0.1) is 6.92 Å². The van der Waals surface area contributed by atoms with Gasteiger partial charge < -0.3 is 10.5 Å². The van der Waals surface area contributed by atoms with Crippen molar-refractivity contribution < 1.29 is 4.74 Å². The highest BCUT2D eigenvalue weighted by atomic mass is 32.2. The lowest BCUT2D eigenvalue weighted by molar-refractivity contribution is 0.1000. The summed E-state index contributed by atoms with van der Waals surface area (Å²) >= 11 is 1.79. The second kappa shape index (κ2) is 4.81. The third-order valence-electron chi connectivity index (χ3n) is 2.39. The molecular weight excluding hydrogens is 210 g/mol. The SMILES string of the molecule is Cc1cnc(N)nc1SC1CCOCC1. The van der Waals surface area contributed by atoms with E-state index in [1.165, 1.54) is 0 Å². The molecule has 2 heterocycles. The predicted octanol–water partition coefficient (Wildman–Crippen LogP) is 1.64. The first kappa shape index (κ1) is 10.7. The van der Waals surface area contributed by atoms with Crippen LogP contribution in [0.15, 0.2) is 11.2 Å². The van der Waals surface area contributed by atoms with Crippen LogP contribution < -0.4 is 5.73 Å². The number of thioether (sulfide) groups is 1. The molecule has 1 aromatic heterocycles. The fraction of sp³-hybridized carbons (Fsp3) is 0.600. The van der Waals surface area contributed by atoms with Crippen molar-refractivity contribution in [3.63, 3.8) is 0 Å². The maximum Gasteiger partial charge on any atom is 0.221 e. The Labute approximate surface area is 93.6 Å². The number of nitrogens with zero attached hydrogens (tertiary/aromatic N) is 2. The maximum absolute atomic E-state index is 5.57. The molecule has 82 valence electrons. The van der Waals surface area contributed by atoms with E-state index in [1.807, 2.05) is 6.92 Å². The Hall–Kier alpha value is -0.810. The molecule has 1 aliphatic heterocycles. The zero-order valence-corrected chi connectivity index (χ0v) is 9.59. The summed E-state index contributed by atoms with van der Waals surface area (Å²) in [5.74, 6) is 0.357. The average Bonchev–Trinajstić information content (AvgIpc) is 2.25. The van der Waals surface area contributed by atoms with E-state index in [2.05, 4.69) is 9.97 Å². The van der Waals surface area contributed by atoms with Crippen molar-refractivity contribution in [2.24, 2.45) is 0 Å². The number of nitrogen functional groups attached to an aromatic ring is 1. The van der Waals surface area contributed by atoms with E-state index in [0.29, 0.717) is 11.2 Å². The summed E-state index contributed by atoms with van der Waals surface area (Å²) in [4.78, 5) is 8.22. The normalized spacial score (nSPS) is 17.9. The van der Waals surface area contributed by atoms with Crippen molar-refractivity contribution in [2.45, 2.75) is 30.0 Å². The number of aromatic nitrogens is 2. The minimum Gasteiger partial charge on any atom is -0.381 e. The van der Waals surface area contributed by atoms with E-state index in [-0.39, 0.29) is 0 Å². The Kier molecular flexibility index (Phi) is 3.43. The summed E-state index contributed by atoms with van der Waals surface area (Å²) < 4.78 is 5.32. The number of hydrogen-bond acceptors (Lipinski definition) is 5. The monoisotopic (exact) mass is 225 g/mol. The van der Waals surface area contributed by atoms with Gasteiger partial charge in [-0.25, -0.2) is 9.97 Å². The molecule has 2 N–H and O–H groups in total. The van der Waals surface area contributed by atoms with Gasteiger partial charge in [-0.15, -0.1) is 11.8 Å². The van der Waals surface area contributed by atoms with Gasteiger partial charge in [0.05, 0.1) is 0 Å². The van der Waals surface area contributed by atoms with Gasteiger partial charge in [-0.05, 0) is 25.3 Å². The fourth-order valence-electron chi connectivity index (χ4n) is 1.51. The van der Waals surface area contributed by atoms with Crippen LogP contribution in [-0.2, 0) is 4.74 Å². The molecule has 0 unspecified atom stereocenters. The first-order valence-electron chi connectivity index (χ1n) is 5.09. The Balaban J connectivity index is 2.05. The zero-order chi connectivity index (χ0) is 10.7. The largest absolute Gasteiger partial charge is 0.381 e. The molecule has 4 nitrogen and oxygen atoms in total. The molecule has 1 saturated heterocycles. The molecule has 1 aromatic rings. The molecule has 0 aromatic carbocycles. The molecule has 1 aliphatic rings. The van der Waals surface area contributed by atoms with Crippen molar-refractivity contribution in [1.29, 1.82) is 0 Å². The second-order valence-corrected chi connectivity index (χ2v) is 4.94. The van der Waals surface area contributed by atoms with Crippen molar-refractivity contribution in [2.75, 3.05) is 18.9 Å². The van der Waals surface area contributed by atoms with Crippen LogP contribution in [0.3, 0.4) is 0 Å². The smallest absolute Gasteiger partial charge is 0.221 e. The molecule has 15 heavy (non-hydrogen) atoms. The molecule has 0 radical (unpaired) electrons. The van der Waals surface area contributed by atoms with Crippen LogP contribution in [0.25, 0.3) is 0 Å². The van der Waals surface area contributed by atoms with Gasteiger partial charge in [-0.1, -0.05) is 0 Å². The van der Waals surface area contributed by atoms with E-state index < -0.39 is 0 Å². The third kappa shape index (κ3) is 2.82. The van der Waals surface area contributed by atoms with Gasteiger partial charge in [-0.3, -0.25) is 0 Å². The van der Waals surface area contributed by atoms with E-state index in [9.17, 15) is 0 Å². The lowest BCUT2D eigenvalue weighted by Gasteiger charge is -2.21. The van der Waals surface area contributed by atoms with Crippen LogP contribution in [0.2, 0.25) is 0 Å². The molecule has 0 saturated carbocycles. The van der Waals surface area contributed by atoms with Gasteiger partial charge in [0.15, 0.2) is 0 Å². The summed E-state index contributed by atoms with van der Waals surface area (Å²) in [6.07, 6.45) is 3.96. The topological polar surface area (TPSA) is 61.0 Å². The summed E-state index contributed by atoms with van der Waals surface area (Å²) in [5.41, 5.74) is 6.67. The van der Waals surface area contributed by atoms with Gasteiger partial charge in [0.1, 0.15) is 5.03 Å². The van der Waals surface area contributed by atoms with Crippen LogP contribution in [0.4, 0.5) is 5.95 Å². The molecule has 0 atom stereocenters. The summed E-state index contributed by atoms with van der Waals surface area (Å²) in [6.45, 7) is 3.73. The Morgan fingerprint density at radius 3 is 2.93 bits per heavy atom. The zero-order valence-electron chi connectivity index (χ0n) is 8.77. The number of nitrogens with two attached hydrogens (primary N) is 1. The summed E-state index contributed by atoms with van der Waals surface area (Å²) in [5, 5.41) is 1.61. The predicted molar refractivity (Wildman–Crippen MR) is 60.9 cm³/mol. The lowest BCUT2D eigenvalue weighted by Crippen LogP contribution is -2.17. The number of anilines is 1. The van der Waals surface area contributed by atoms with Crippen molar-refractivity contribution in [3.8, 4) is 0 Å². The Bertz CT molecular complexity index is 339. The molecular formula is C10H15N3OS. The van der Waals surface area contributed by atoms with Crippen molar-refractivity contribution >= 4 is 17.7 Å². The van der Waals surface area contributed by atoms with Crippen LogP contribution in [-0.4, -0.2) is 28.4 Å². The highest BCUT2D eigenvalue weighted by Gasteiger charge is 2.16. The number of rotatable bonds is 2. The molecule has 1 fully saturated rings. The fourth-order valence-corrected chi connectivity index (χ4v) is 2.64. The van der Waals surface area contributed by atoms with Gasteiger partial charge in [0, 0.05) is 24.7 Å². The lowest BCUT2D eigenvalue weighted by atomic mass is 10.2. The van der Waals surface area contributed by atoms with E-state index >= 15 is 0 Å². The molecule has 5 heteroatoms. The third-order valence-corrected chi connectivity index (χ3v) is 3.83. The van der Waals surface area contributed by atoms with E-state index in [4.69, 9.17) is 10.5 Å². The van der Waals surface area contributed by atoms with Crippen LogP contribution in [0.5, 0.6) is 0 Å².